The summed E-state index contributed by atoms with van der Waals surface area (Å²) in [6.07, 6.45) is 9.76. The molecule has 0 bridgehead atoms. The highest BCUT2D eigenvalue weighted by Crippen LogP contribution is 2.44. The molecule has 152 valence electrons. The summed E-state index contributed by atoms with van der Waals surface area (Å²) in [4.78, 5) is 23.7. The summed E-state index contributed by atoms with van der Waals surface area (Å²) < 4.78 is 1.22. The predicted octanol–water partition coefficient (Wildman–Crippen LogP) is 5.44. The van der Waals surface area contributed by atoms with E-state index in [4.69, 9.17) is 4.99 Å². The molecule has 0 radical (unpaired) electrons. The summed E-state index contributed by atoms with van der Waals surface area (Å²) in [5.41, 5.74) is 8.78. The highest BCUT2D eigenvalue weighted by atomic mass is 32.2. The quantitative estimate of drug-likeness (QED) is 0.710. The van der Waals surface area contributed by atoms with Crippen molar-refractivity contribution in [3.63, 3.8) is 0 Å². The number of piperidine rings is 1. The molecule has 3 heterocycles. The number of carbonyl (C=O) groups is 1. The van der Waals surface area contributed by atoms with Crippen molar-refractivity contribution >= 4 is 40.4 Å². The Morgan fingerprint density at radius 3 is 2.69 bits per heavy atom. The van der Waals surface area contributed by atoms with Crippen molar-refractivity contribution in [1.29, 1.82) is 0 Å². The zero-order valence-corrected chi connectivity index (χ0v) is 18.2. The molecule has 2 aromatic rings. The number of nitrogens with zero attached hydrogens (tertiary/aromatic N) is 3. The van der Waals surface area contributed by atoms with Crippen LogP contribution in [0.2, 0.25) is 0 Å². The maximum Gasteiger partial charge on any atom is 0.265 e. The van der Waals surface area contributed by atoms with E-state index in [2.05, 4.69) is 10.4 Å². The monoisotopic (exact) mass is 426 g/mol. The van der Waals surface area contributed by atoms with Crippen LogP contribution in [0.5, 0.6) is 0 Å². The van der Waals surface area contributed by atoms with Crippen molar-refractivity contribution < 1.29 is 4.79 Å². The van der Waals surface area contributed by atoms with Gasteiger partial charge in [-0.2, -0.15) is 0 Å². The maximum absolute atomic E-state index is 12.8. The number of fused-ring (bicyclic) bond motifs is 2. The van der Waals surface area contributed by atoms with Crippen LogP contribution in [-0.2, 0) is 0 Å². The van der Waals surface area contributed by atoms with Gasteiger partial charge in [-0.1, -0.05) is 37.4 Å². The smallest absolute Gasteiger partial charge is 0.265 e. The molecule has 0 atom stereocenters. The number of aliphatic imine (C=N–C) groups is 1. The van der Waals surface area contributed by atoms with Gasteiger partial charge < -0.3 is 0 Å². The molecule has 1 N–H and O–H groups in total. The Hall–Kier alpha value is -1.70. The lowest BCUT2D eigenvalue weighted by molar-refractivity contribution is 0.0750. The van der Waals surface area contributed by atoms with Crippen LogP contribution in [0.15, 0.2) is 37.8 Å². The van der Waals surface area contributed by atoms with Gasteiger partial charge in [-0.05, 0) is 43.9 Å². The van der Waals surface area contributed by atoms with Crippen molar-refractivity contribution in [3.8, 4) is 0 Å². The number of aromatic nitrogens is 1. The summed E-state index contributed by atoms with van der Waals surface area (Å²) in [5, 5.41) is 2.05. The van der Waals surface area contributed by atoms with E-state index in [9.17, 15) is 4.79 Å². The summed E-state index contributed by atoms with van der Waals surface area (Å²) in [5.74, 6) is 0.438. The normalized spacial score (nSPS) is 20.3. The van der Waals surface area contributed by atoms with E-state index in [1.807, 2.05) is 28.7 Å². The van der Waals surface area contributed by atoms with Crippen molar-refractivity contribution in [3.05, 3.63) is 35.0 Å². The number of hydrazine groups is 1. The first-order chi connectivity index (χ1) is 14.3. The van der Waals surface area contributed by atoms with Crippen LogP contribution in [0.25, 0.3) is 0 Å². The predicted molar refractivity (Wildman–Crippen MR) is 118 cm³/mol. The second kappa shape index (κ2) is 8.58. The lowest BCUT2D eigenvalue weighted by atomic mass is 9.84. The van der Waals surface area contributed by atoms with Gasteiger partial charge in [0.1, 0.15) is 5.69 Å². The molecule has 1 saturated carbocycles. The third-order valence-corrected chi connectivity index (χ3v) is 8.15. The summed E-state index contributed by atoms with van der Waals surface area (Å²) in [6.45, 7) is 1.87. The molecule has 7 heteroatoms. The zero-order chi connectivity index (χ0) is 19.6. The molecule has 1 aliphatic carbocycles. The van der Waals surface area contributed by atoms with Crippen molar-refractivity contribution in [2.24, 2.45) is 10.9 Å². The third-order valence-electron chi connectivity index (χ3n) is 6.05. The molecule has 5 nitrogen and oxygen atoms in total. The first-order valence-corrected chi connectivity index (χ1v) is 12.4. The van der Waals surface area contributed by atoms with Gasteiger partial charge in [-0.3, -0.25) is 10.2 Å². The molecular weight excluding hydrogens is 400 g/mol. The van der Waals surface area contributed by atoms with Crippen molar-refractivity contribution in [1.82, 2.24) is 15.4 Å². The zero-order valence-electron chi connectivity index (χ0n) is 16.5. The second-order valence-corrected chi connectivity index (χ2v) is 10.3. The first-order valence-electron chi connectivity index (χ1n) is 10.7. The van der Waals surface area contributed by atoms with Gasteiger partial charge in [0.25, 0.3) is 5.91 Å². The minimum absolute atomic E-state index is 0.0359. The van der Waals surface area contributed by atoms with Crippen LogP contribution in [0.3, 0.4) is 0 Å². The number of rotatable bonds is 3. The van der Waals surface area contributed by atoms with E-state index < -0.39 is 0 Å². The molecule has 2 fully saturated rings. The van der Waals surface area contributed by atoms with Gasteiger partial charge in [0.2, 0.25) is 0 Å². The lowest BCUT2D eigenvalue weighted by Gasteiger charge is -2.26. The molecule has 1 aromatic heterocycles. The first kappa shape index (κ1) is 19.3. The number of hydrogen-bond donors (Lipinski definition) is 1. The highest BCUT2D eigenvalue weighted by molar-refractivity contribution is 8.01. The van der Waals surface area contributed by atoms with Crippen LogP contribution in [0, 0.1) is 5.92 Å². The number of nitrogens with one attached hydrogen (secondary N) is 1. The van der Waals surface area contributed by atoms with Crippen molar-refractivity contribution in [2.45, 2.75) is 60.5 Å². The molecule has 1 aromatic carbocycles. The average molecular weight is 427 g/mol. The van der Waals surface area contributed by atoms with Crippen LogP contribution in [0.4, 0.5) is 5.69 Å². The molecular formula is C22H26N4OS2. The molecule has 1 saturated heterocycles. The van der Waals surface area contributed by atoms with Crippen LogP contribution >= 0.6 is 23.1 Å². The Morgan fingerprint density at radius 1 is 1.07 bits per heavy atom. The number of amides is 1. The Labute approximate surface area is 180 Å². The Kier molecular flexibility index (Phi) is 5.70. The fourth-order valence-electron chi connectivity index (χ4n) is 4.47. The van der Waals surface area contributed by atoms with Crippen LogP contribution in [0.1, 0.15) is 67.4 Å². The fourth-order valence-corrected chi connectivity index (χ4v) is 6.38. The number of hydrogen-bond acceptors (Lipinski definition) is 6. The molecule has 2 aliphatic heterocycles. The molecule has 1 amide bonds. The van der Waals surface area contributed by atoms with Gasteiger partial charge in [0.05, 0.1) is 21.1 Å². The topological polar surface area (TPSA) is 57.6 Å². The van der Waals surface area contributed by atoms with E-state index in [-0.39, 0.29) is 5.91 Å². The van der Waals surface area contributed by atoms with Gasteiger partial charge in [-0.15, -0.1) is 11.3 Å². The van der Waals surface area contributed by atoms with Gasteiger partial charge in [0.15, 0.2) is 0 Å². The molecule has 0 unspecified atom stereocenters. The SMILES string of the molecule is O=C(NN1CCCCC1)c1ccc2c(c1)N=C(C1CCCCC1)c1ncsc1S2. The van der Waals surface area contributed by atoms with Crippen LogP contribution in [-0.4, -0.2) is 34.7 Å². The lowest BCUT2D eigenvalue weighted by Crippen LogP contribution is -2.45. The minimum Gasteiger partial charge on any atom is -0.285 e. The molecule has 3 aliphatic rings. The summed E-state index contributed by atoms with van der Waals surface area (Å²) >= 11 is 3.42. The number of thiazole rings is 1. The number of benzene rings is 1. The molecule has 0 spiro atoms. The van der Waals surface area contributed by atoms with E-state index >= 15 is 0 Å². The summed E-state index contributed by atoms with van der Waals surface area (Å²) in [6, 6.07) is 5.93. The Bertz CT molecular complexity index is 927. The van der Waals surface area contributed by atoms with E-state index in [1.165, 1.54) is 42.7 Å². The van der Waals surface area contributed by atoms with Gasteiger partial charge in [-0.25, -0.2) is 15.0 Å². The minimum atomic E-state index is -0.0359. The molecule has 5 rings (SSSR count). The van der Waals surface area contributed by atoms with Gasteiger partial charge >= 0.3 is 0 Å². The average Bonchev–Trinajstić information content (AvgIpc) is 3.16. The van der Waals surface area contributed by atoms with E-state index in [0.717, 1.165) is 47.9 Å². The van der Waals surface area contributed by atoms with Crippen molar-refractivity contribution in [2.75, 3.05) is 13.1 Å². The second-order valence-electron chi connectivity index (χ2n) is 8.09. The van der Waals surface area contributed by atoms with E-state index in [1.54, 1.807) is 23.1 Å². The van der Waals surface area contributed by atoms with Gasteiger partial charge in [0, 0.05) is 29.5 Å². The Balaban J connectivity index is 1.45. The maximum atomic E-state index is 12.8. The van der Waals surface area contributed by atoms with E-state index in [0.29, 0.717) is 11.5 Å². The van der Waals surface area contributed by atoms with Crippen LogP contribution < -0.4 is 5.43 Å². The standard InChI is InChI=1S/C22H26N4OS2/c27-21(25-26-11-5-2-6-12-26)16-9-10-18-17(13-16)24-19(15-7-3-1-4-8-15)20-22(29-18)28-14-23-20/h9-10,13-15H,1-8,11-12H2,(H,25,27). The largest absolute Gasteiger partial charge is 0.285 e. The summed E-state index contributed by atoms with van der Waals surface area (Å²) in [7, 11) is 0. The molecule has 29 heavy (non-hydrogen) atoms. The fraction of sp³-hybridized carbons (Fsp3) is 0.500. The Morgan fingerprint density at radius 2 is 1.86 bits per heavy atom. The number of carbonyl (C=O) groups excluding carboxylic acids is 1. The highest BCUT2D eigenvalue weighted by Gasteiger charge is 2.28. The third kappa shape index (κ3) is 4.13.